The Kier molecular flexibility index (Phi) is 10.5. The zero-order chi connectivity index (χ0) is 26.5. The fourth-order valence-corrected chi connectivity index (χ4v) is 9.79. The largest absolute Gasteiger partial charge is 0.396 e. The van der Waals surface area contributed by atoms with Gasteiger partial charge < -0.3 is 19.8 Å². The topological polar surface area (TPSA) is 81.2 Å². The van der Waals surface area contributed by atoms with Crippen LogP contribution in [0.4, 0.5) is 0 Å². The quantitative estimate of drug-likeness (QED) is 0.181. The number of hydrogen-bond acceptors (Lipinski definition) is 5. The normalized spacial score (nSPS) is 30.4. The summed E-state index contributed by atoms with van der Waals surface area (Å²) < 4.78 is -0.612. The van der Waals surface area contributed by atoms with Crippen LogP contribution in [0.15, 0.2) is 25.3 Å². The number of fused-ring (bicyclic) bond motifs is 1. The van der Waals surface area contributed by atoms with Crippen molar-refractivity contribution < 1.29 is 19.5 Å². The summed E-state index contributed by atoms with van der Waals surface area (Å²) in [7, 11) is 1.76. The molecule has 7 nitrogen and oxygen atoms in total. The van der Waals surface area contributed by atoms with Crippen molar-refractivity contribution in [1.29, 1.82) is 0 Å². The SMILES string of the molecule is C=CCN(C)C(=O)[C@H]1[C@@H]2SC3(CC2Br)C(C(=O)N(CC=C)CCCC)N(CCCCCCO)C(=O)[C@H]13. The first-order chi connectivity index (χ1) is 17.3. The molecule has 36 heavy (non-hydrogen) atoms. The van der Waals surface area contributed by atoms with Gasteiger partial charge in [0.2, 0.25) is 17.7 Å². The summed E-state index contributed by atoms with van der Waals surface area (Å²) in [5.74, 6) is -1.06. The first-order valence-electron chi connectivity index (χ1n) is 13.3. The molecule has 1 N–H and O–H groups in total. The summed E-state index contributed by atoms with van der Waals surface area (Å²) in [5, 5.41) is 9.08. The predicted molar refractivity (Wildman–Crippen MR) is 149 cm³/mol. The molecular formula is C27H42BrN3O4S. The number of likely N-dealkylation sites (N-methyl/N-ethyl adjacent to an activating group) is 1. The van der Waals surface area contributed by atoms with Crippen molar-refractivity contribution in [2.45, 2.75) is 72.7 Å². The number of aliphatic hydroxyl groups is 1. The van der Waals surface area contributed by atoms with Crippen molar-refractivity contribution in [2.24, 2.45) is 11.8 Å². The van der Waals surface area contributed by atoms with Crippen LogP contribution in [0, 0.1) is 11.8 Å². The molecule has 3 unspecified atom stereocenters. The van der Waals surface area contributed by atoms with Crippen LogP contribution < -0.4 is 0 Å². The van der Waals surface area contributed by atoms with Crippen molar-refractivity contribution in [3.63, 3.8) is 0 Å². The third-order valence-electron chi connectivity index (χ3n) is 7.84. The lowest BCUT2D eigenvalue weighted by atomic mass is 9.70. The second-order valence-electron chi connectivity index (χ2n) is 10.3. The van der Waals surface area contributed by atoms with Gasteiger partial charge in [0.05, 0.1) is 16.6 Å². The van der Waals surface area contributed by atoms with Crippen molar-refractivity contribution in [3.8, 4) is 0 Å². The summed E-state index contributed by atoms with van der Waals surface area (Å²) in [6.45, 7) is 11.9. The highest BCUT2D eigenvalue weighted by Gasteiger charge is 2.75. The van der Waals surface area contributed by atoms with Gasteiger partial charge in [0.25, 0.3) is 0 Å². The monoisotopic (exact) mass is 583 g/mol. The van der Waals surface area contributed by atoms with Crippen LogP contribution in [-0.2, 0) is 14.4 Å². The van der Waals surface area contributed by atoms with Crippen LogP contribution in [-0.4, -0.2) is 98.2 Å². The Morgan fingerprint density at radius 1 is 1.17 bits per heavy atom. The van der Waals surface area contributed by atoms with E-state index in [0.717, 1.165) is 38.5 Å². The summed E-state index contributed by atoms with van der Waals surface area (Å²) in [5.41, 5.74) is 0. The minimum atomic E-state index is -0.612. The fourth-order valence-electron chi connectivity index (χ4n) is 6.19. The zero-order valence-electron chi connectivity index (χ0n) is 21.7. The molecule has 0 aromatic rings. The number of nitrogens with zero attached hydrogens (tertiary/aromatic N) is 3. The van der Waals surface area contributed by atoms with Crippen LogP contribution >= 0.6 is 27.7 Å². The average molecular weight is 585 g/mol. The van der Waals surface area contributed by atoms with Gasteiger partial charge in [0.15, 0.2) is 0 Å². The van der Waals surface area contributed by atoms with E-state index >= 15 is 0 Å². The molecule has 0 radical (unpaired) electrons. The number of alkyl halides is 1. The molecule has 3 aliphatic rings. The molecule has 3 rings (SSSR count). The molecule has 6 atom stereocenters. The van der Waals surface area contributed by atoms with Gasteiger partial charge in [-0.2, -0.15) is 0 Å². The van der Waals surface area contributed by atoms with Crippen LogP contribution in [0.5, 0.6) is 0 Å². The van der Waals surface area contributed by atoms with E-state index in [0.29, 0.717) is 32.6 Å². The highest BCUT2D eigenvalue weighted by molar-refractivity contribution is 9.09. The number of likely N-dealkylation sites (tertiary alicyclic amines) is 1. The Hall–Kier alpha value is -1.32. The molecule has 0 aromatic heterocycles. The number of halogens is 1. The van der Waals surface area contributed by atoms with E-state index in [2.05, 4.69) is 36.0 Å². The van der Waals surface area contributed by atoms with E-state index in [-0.39, 0.29) is 34.4 Å². The fraction of sp³-hybridized carbons (Fsp3) is 0.741. The maximum atomic E-state index is 14.2. The molecule has 3 fully saturated rings. The summed E-state index contributed by atoms with van der Waals surface area (Å²) in [6.07, 6.45) is 9.29. The second-order valence-corrected chi connectivity index (χ2v) is 13.0. The average Bonchev–Trinajstić information content (AvgIpc) is 3.44. The molecule has 1 spiro atoms. The second kappa shape index (κ2) is 13.0. The lowest BCUT2D eigenvalue weighted by Gasteiger charge is -2.38. The van der Waals surface area contributed by atoms with Gasteiger partial charge >= 0.3 is 0 Å². The molecule has 9 heteroatoms. The number of aliphatic hydroxyl groups excluding tert-OH is 1. The minimum absolute atomic E-state index is 0.0186. The summed E-state index contributed by atoms with van der Waals surface area (Å²) in [4.78, 5) is 47.2. The van der Waals surface area contributed by atoms with Gasteiger partial charge in [-0.25, -0.2) is 0 Å². The van der Waals surface area contributed by atoms with Crippen LogP contribution in [0.2, 0.25) is 0 Å². The maximum Gasteiger partial charge on any atom is 0.247 e. The van der Waals surface area contributed by atoms with E-state index in [1.54, 1.807) is 40.8 Å². The zero-order valence-corrected chi connectivity index (χ0v) is 24.1. The molecule has 3 aliphatic heterocycles. The molecule has 3 saturated heterocycles. The molecule has 0 aliphatic carbocycles. The third kappa shape index (κ3) is 5.44. The van der Waals surface area contributed by atoms with E-state index in [1.165, 1.54) is 0 Å². The number of carbonyl (C=O) groups excluding carboxylic acids is 3. The Bertz CT molecular complexity index is 842. The number of amides is 3. The number of thioether (sulfide) groups is 1. The van der Waals surface area contributed by atoms with E-state index < -0.39 is 22.6 Å². The number of unbranched alkanes of at least 4 members (excludes halogenated alkanes) is 4. The van der Waals surface area contributed by atoms with E-state index in [4.69, 9.17) is 5.11 Å². The third-order valence-corrected chi connectivity index (χ3v) is 11.1. The predicted octanol–water partition coefficient (Wildman–Crippen LogP) is 3.46. The molecule has 202 valence electrons. The standard InChI is InChI=1S/C27H42BrN3O4S/c1-5-8-15-30(14-7-3)26(35)23-27-18-19(28)22(36-27)20(24(33)29(4)13-6-2)21(27)25(34)31(23)16-11-9-10-12-17-32/h6-7,19-23,32H,2-3,5,8-18H2,1,4H3/t19?,20-,21+,22-,23?,27?/m1/s1. The minimum Gasteiger partial charge on any atom is -0.396 e. The van der Waals surface area contributed by atoms with Crippen molar-refractivity contribution in [1.82, 2.24) is 14.7 Å². The van der Waals surface area contributed by atoms with Crippen LogP contribution in [0.25, 0.3) is 0 Å². The molecule has 2 bridgehead atoms. The Balaban J connectivity index is 1.97. The van der Waals surface area contributed by atoms with Crippen molar-refractivity contribution >= 4 is 45.4 Å². The van der Waals surface area contributed by atoms with Gasteiger partial charge in [0.1, 0.15) is 6.04 Å². The highest BCUT2D eigenvalue weighted by atomic mass is 79.9. The maximum absolute atomic E-state index is 14.2. The van der Waals surface area contributed by atoms with Crippen LogP contribution in [0.1, 0.15) is 51.9 Å². The smallest absolute Gasteiger partial charge is 0.247 e. The van der Waals surface area contributed by atoms with Crippen molar-refractivity contribution in [2.75, 3.05) is 39.8 Å². The van der Waals surface area contributed by atoms with Gasteiger partial charge in [-0.3, -0.25) is 14.4 Å². The van der Waals surface area contributed by atoms with Crippen molar-refractivity contribution in [3.05, 3.63) is 25.3 Å². The molecular weight excluding hydrogens is 542 g/mol. The van der Waals surface area contributed by atoms with Gasteiger partial charge in [0, 0.05) is 49.9 Å². The molecule has 0 saturated carbocycles. The Morgan fingerprint density at radius 2 is 1.86 bits per heavy atom. The van der Waals surface area contributed by atoms with Gasteiger partial charge in [-0.05, 0) is 25.7 Å². The summed E-state index contributed by atoms with van der Waals surface area (Å²) in [6, 6.07) is -0.581. The number of rotatable bonds is 15. The molecule has 3 heterocycles. The number of hydrogen-bond donors (Lipinski definition) is 1. The molecule has 3 amide bonds. The van der Waals surface area contributed by atoms with Crippen LogP contribution in [0.3, 0.4) is 0 Å². The number of carbonyl (C=O) groups is 3. The summed E-state index contributed by atoms with van der Waals surface area (Å²) >= 11 is 5.52. The van der Waals surface area contributed by atoms with Gasteiger partial charge in [-0.15, -0.1) is 24.9 Å². The lowest BCUT2D eigenvalue weighted by molar-refractivity contribution is -0.144. The molecule has 0 aromatic carbocycles. The van der Waals surface area contributed by atoms with Gasteiger partial charge in [-0.1, -0.05) is 54.3 Å². The highest BCUT2D eigenvalue weighted by Crippen LogP contribution is 2.68. The van der Waals surface area contributed by atoms with E-state index in [1.807, 2.05) is 4.90 Å². The Morgan fingerprint density at radius 3 is 2.50 bits per heavy atom. The lowest BCUT2D eigenvalue weighted by Crippen LogP contribution is -2.56. The Labute approximate surface area is 228 Å². The first kappa shape index (κ1) is 29.2. The van der Waals surface area contributed by atoms with E-state index in [9.17, 15) is 14.4 Å². The first-order valence-corrected chi connectivity index (χ1v) is 15.1.